The third kappa shape index (κ3) is 2.31. The molecule has 0 aliphatic rings. The number of H-pyrrole nitrogens is 1. The van der Waals surface area contributed by atoms with Crippen molar-refractivity contribution in [2.45, 2.75) is 0 Å². The predicted molar refractivity (Wildman–Crippen MR) is 59.9 cm³/mol. The molecule has 1 aromatic heterocycles. The molecule has 0 saturated carbocycles. The number of aromatic amines is 1. The van der Waals surface area contributed by atoms with Crippen LogP contribution >= 0.6 is 0 Å². The van der Waals surface area contributed by atoms with Gasteiger partial charge in [-0.25, -0.2) is 9.78 Å². The minimum atomic E-state index is -1.09. The molecule has 17 heavy (non-hydrogen) atoms. The molecule has 3 N–H and O–H groups in total. The highest BCUT2D eigenvalue weighted by Crippen LogP contribution is 2.15. The van der Waals surface area contributed by atoms with E-state index in [9.17, 15) is 9.59 Å². The van der Waals surface area contributed by atoms with E-state index in [4.69, 9.17) is 5.11 Å². The van der Waals surface area contributed by atoms with Gasteiger partial charge in [-0.15, -0.1) is 0 Å². The fourth-order valence-corrected chi connectivity index (χ4v) is 1.35. The number of imidazole rings is 1. The summed E-state index contributed by atoms with van der Waals surface area (Å²) in [6, 6.07) is 6.19. The van der Waals surface area contributed by atoms with Gasteiger partial charge in [0.1, 0.15) is 5.69 Å². The average molecular weight is 231 g/mol. The van der Waals surface area contributed by atoms with E-state index in [0.29, 0.717) is 0 Å². The second kappa shape index (κ2) is 4.48. The van der Waals surface area contributed by atoms with Crippen LogP contribution in [0.1, 0.15) is 20.8 Å². The molecular formula is C11H9N3O3. The number of amides is 1. The lowest BCUT2D eigenvalue weighted by Crippen LogP contribution is -2.15. The van der Waals surface area contributed by atoms with E-state index in [1.54, 1.807) is 12.1 Å². The zero-order valence-electron chi connectivity index (χ0n) is 8.68. The Morgan fingerprint density at radius 2 is 2.06 bits per heavy atom. The summed E-state index contributed by atoms with van der Waals surface area (Å²) in [5.41, 5.74) is 0.560. The number of aromatic nitrogens is 2. The van der Waals surface area contributed by atoms with Crippen LogP contribution < -0.4 is 5.32 Å². The van der Waals surface area contributed by atoms with E-state index in [-0.39, 0.29) is 16.9 Å². The van der Waals surface area contributed by atoms with Gasteiger partial charge in [0, 0.05) is 0 Å². The summed E-state index contributed by atoms with van der Waals surface area (Å²) in [7, 11) is 0. The first-order valence-electron chi connectivity index (χ1n) is 4.80. The maximum absolute atomic E-state index is 11.7. The molecule has 0 atom stereocenters. The number of carboxylic acid groups (broad SMARTS) is 1. The SMILES string of the molecule is O=C(Nc1ccccc1C(=O)O)c1cnc[nH]1. The van der Waals surface area contributed by atoms with E-state index in [2.05, 4.69) is 15.3 Å². The predicted octanol–water partition coefficient (Wildman–Crippen LogP) is 1.36. The summed E-state index contributed by atoms with van der Waals surface area (Å²) in [6.07, 6.45) is 2.73. The van der Waals surface area contributed by atoms with Gasteiger partial charge < -0.3 is 15.4 Å². The lowest BCUT2D eigenvalue weighted by atomic mass is 10.2. The summed E-state index contributed by atoms with van der Waals surface area (Å²) in [4.78, 5) is 28.9. The third-order valence-electron chi connectivity index (χ3n) is 2.15. The van der Waals surface area contributed by atoms with E-state index >= 15 is 0 Å². The molecule has 86 valence electrons. The van der Waals surface area contributed by atoms with Gasteiger partial charge in [-0.1, -0.05) is 12.1 Å². The number of nitrogens with zero attached hydrogens (tertiary/aromatic N) is 1. The summed E-state index contributed by atoms with van der Waals surface area (Å²) >= 11 is 0. The van der Waals surface area contributed by atoms with Crippen molar-refractivity contribution in [1.82, 2.24) is 9.97 Å². The van der Waals surface area contributed by atoms with Gasteiger partial charge in [-0.3, -0.25) is 4.79 Å². The maximum Gasteiger partial charge on any atom is 0.337 e. The Labute approximate surface area is 96.3 Å². The standard InChI is InChI=1S/C11H9N3O3/c15-10(9-5-12-6-13-9)14-8-4-2-1-3-7(8)11(16)17/h1-6H,(H,12,13)(H,14,15)(H,16,17). The minimum absolute atomic E-state index is 0.0420. The molecule has 1 heterocycles. The number of rotatable bonds is 3. The van der Waals surface area contributed by atoms with Crippen molar-refractivity contribution in [2.24, 2.45) is 0 Å². The van der Waals surface area contributed by atoms with Crippen LogP contribution in [0.5, 0.6) is 0 Å². The molecule has 0 fully saturated rings. The van der Waals surface area contributed by atoms with Gasteiger partial charge in [-0.2, -0.15) is 0 Å². The second-order valence-corrected chi connectivity index (χ2v) is 3.27. The average Bonchev–Trinajstić information content (AvgIpc) is 2.83. The number of carbonyl (C=O) groups is 2. The minimum Gasteiger partial charge on any atom is -0.478 e. The molecule has 0 saturated heterocycles. The van der Waals surface area contributed by atoms with Crippen LogP contribution in [-0.2, 0) is 0 Å². The summed E-state index contributed by atoms with van der Waals surface area (Å²) in [5.74, 6) is -1.53. The summed E-state index contributed by atoms with van der Waals surface area (Å²) < 4.78 is 0. The number of para-hydroxylation sites is 1. The van der Waals surface area contributed by atoms with Crippen LogP contribution in [0.4, 0.5) is 5.69 Å². The molecule has 0 unspecified atom stereocenters. The Bertz CT molecular complexity index is 549. The Kier molecular flexibility index (Phi) is 2.87. The first kappa shape index (κ1) is 10.9. The van der Waals surface area contributed by atoms with Crippen molar-refractivity contribution in [3.05, 3.63) is 48.0 Å². The second-order valence-electron chi connectivity index (χ2n) is 3.27. The molecule has 0 radical (unpaired) electrons. The number of anilines is 1. The Morgan fingerprint density at radius 1 is 1.29 bits per heavy atom. The van der Waals surface area contributed by atoms with Gasteiger partial charge in [0.2, 0.25) is 0 Å². The van der Waals surface area contributed by atoms with Gasteiger partial charge in [0.25, 0.3) is 5.91 Å². The van der Waals surface area contributed by atoms with Crippen LogP contribution in [0.2, 0.25) is 0 Å². The number of benzene rings is 1. The Morgan fingerprint density at radius 3 is 2.71 bits per heavy atom. The van der Waals surface area contributed by atoms with Crippen LogP contribution in [-0.4, -0.2) is 27.0 Å². The van der Waals surface area contributed by atoms with Gasteiger partial charge >= 0.3 is 5.97 Å². The Balaban J connectivity index is 2.25. The number of aromatic carboxylic acids is 1. The number of nitrogens with one attached hydrogen (secondary N) is 2. The highest BCUT2D eigenvalue weighted by molar-refractivity contribution is 6.06. The van der Waals surface area contributed by atoms with Crippen LogP contribution in [0.3, 0.4) is 0 Å². The normalized spacial score (nSPS) is 9.88. The first-order valence-corrected chi connectivity index (χ1v) is 4.80. The quantitative estimate of drug-likeness (QED) is 0.743. The highest BCUT2D eigenvalue weighted by Gasteiger charge is 2.13. The van der Waals surface area contributed by atoms with E-state index in [0.717, 1.165) is 0 Å². The summed E-state index contributed by atoms with van der Waals surface area (Å²) in [6.45, 7) is 0. The van der Waals surface area contributed by atoms with E-state index in [1.807, 2.05) is 0 Å². The molecule has 6 heteroatoms. The smallest absolute Gasteiger partial charge is 0.337 e. The first-order chi connectivity index (χ1) is 8.18. The molecule has 1 aromatic carbocycles. The van der Waals surface area contributed by atoms with Crippen LogP contribution in [0, 0.1) is 0 Å². The fraction of sp³-hybridized carbons (Fsp3) is 0. The van der Waals surface area contributed by atoms with E-state index in [1.165, 1.54) is 24.7 Å². The number of hydrogen-bond donors (Lipinski definition) is 3. The number of carbonyl (C=O) groups excluding carboxylic acids is 1. The lowest BCUT2D eigenvalue weighted by Gasteiger charge is -2.06. The van der Waals surface area contributed by atoms with Crippen LogP contribution in [0.25, 0.3) is 0 Å². The third-order valence-corrected chi connectivity index (χ3v) is 2.15. The monoisotopic (exact) mass is 231 g/mol. The van der Waals surface area contributed by atoms with Crippen molar-refractivity contribution in [3.63, 3.8) is 0 Å². The molecule has 1 amide bonds. The molecule has 0 aliphatic heterocycles. The fourth-order valence-electron chi connectivity index (χ4n) is 1.35. The van der Waals surface area contributed by atoms with Crippen molar-refractivity contribution in [3.8, 4) is 0 Å². The number of hydrogen-bond acceptors (Lipinski definition) is 3. The van der Waals surface area contributed by atoms with Gasteiger partial charge in [0.05, 0.1) is 23.8 Å². The molecule has 2 rings (SSSR count). The van der Waals surface area contributed by atoms with Crippen molar-refractivity contribution >= 4 is 17.6 Å². The van der Waals surface area contributed by atoms with Gasteiger partial charge in [-0.05, 0) is 12.1 Å². The lowest BCUT2D eigenvalue weighted by molar-refractivity contribution is 0.0698. The summed E-state index contributed by atoms with van der Waals surface area (Å²) in [5, 5.41) is 11.4. The van der Waals surface area contributed by atoms with Crippen molar-refractivity contribution in [1.29, 1.82) is 0 Å². The maximum atomic E-state index is 11.7. The van der Waals surface area contributed by atoms with Crippen LogP contribution in [0.15, 0.2) is 36.8 Å². The highest BCUT2D eigenvalue weighted by atomic mass is 16.4. The van der Waals surface area contributed by atoms with Crippen molar-refractivity contribution < 1.29 is 14.7 Å². The number of carboxylic acids is 1. The molecule has 6 nitrogen and oxygen atoms in total. The zero-order valence-corrected chi connectivity index (χ0v) is 8.68. The zero-order chi connectivity index (χ0) is 12.3. The molecule has 0 bridgehead atoms. The van der Waals surface area contributed by atoms with Crippen molar-refractivity contribution in [2.75, 3.05) is 5.32 Å². The van der Waals surface area contributed by atoms with Gasteiger partial charge in [0.15, 0.2) is 0 Å². The van der Waals surface area contributed by atoms with E-state index < -0.39 is 11.9 Å². The topological polar surface area (TPSA) is 95.1 Å². The molecular weight excluding hydrogens is 222 g/mol. The largest absolute Gasteiger partial charge is 0.478 e. The molecule has 2 aromatic rings. The molecule has 0 aliphatic carbocycles. The molecule has 0 spiro atoms. The Hall–Kier alpha value is -2.63.